The molecule has 13 rings (SSSR count). The van der Waals surface area contributed by atoms with E-state index in [9.17, 15) is 0 Å². The van der Waals surface area contributed by atoms with Crippen molar-refractivity contribution in [2.75, 3.05) is 4.90 Å². The van der Waals surface area contributed by atoms with Crippen molar-refractivity contribution >= 4 is 60.8 Å². The largest absolute Gasteiger partial charge is 0.456 e. The van der Waals surface area contributed by atoms with Gasteiger partial charge in [-0.2, -0.15) is 0 Å². The lowest BCUT2D eigenvalue weighted by atomic mass is 9.91. The number of anilines is 3. The maximum Gasteiger partial charge on any atom is 0.135 e. The molecule has 0 aliphatic carbocycles. The van der Waals surface area contributed by atoms with Crippen LogP contribution in [0.4, 0.5) is 17.1 Å². The van der Waals surface area contributed by atoms with Gasteiger partial charge in [-0.25, -0.2) is 0 Å². The normalized spacial score (nSPS) is 11.9. The molecule has 1 aliphatic rings. The first-order valence-electron chi connectivity index (χ1n) is 21.7. The molecule has 0 amide bonds. The van der Waals surface area contributed by atoms with E-state index in [2.05, 4.69) is 210 Å². The van der Waals surface area contributed by atoms with Crippen molar-refractivity contribution in [2.24, 2.45) is 0 Å². The molecule has 0 radical (unpaired) electrons. The number of hydrogen-bond donors (Lipinski definition) is 0. The Morgan fingerprint density at radius 1 is 0.312 bits per heavy atom. The van der Waals surface area contributed by atoms with Crippen LogP contribution in [-0.4, -0.2) is 4.57 Å². The number of nitrogens with zero attached hydrogens (tertiary/aromatic N) is 2. The van der Waals surface area contributed by atoms with Crippen molar-refractivity contribution in [1.29, 1.82) is 0 Å². The van der Waals surface area contributed by atoms with E-state index in [-0.39, 0.29) is 0 Å². The molecule has 4 nitrogen and oxygen atoms in total. The smallest absolute Gasteiger partial charge is 0.135 e. The molecule has 10 aromatic carbocycles. The van der Waals surface area contributed by atoms with Crippen LogP contribution in [0, 0.1) is 0 Å². The average Bonchev–Trinajstić information content (AvgIpc) is 3.85. The van der Waals surface area contributed by atoms with Crippen LogP contribution in [0.5, 0.6) is 11.5 Å². The van der Waals surface area contributed by atoms with Gasteiger partial charge >= 0.3 is 0 Å². The molecule has 0 N–H and O–H groups in total. The molecule has 0 atom stereocenters. The molecular formula is C60H38N2O2. The highest BCUT2D eigenvalue weighted by atomic mass is 16.5. The minimum atomic E-state index is 0.862. The van der Waals surface area contributed by atoms with E-state index in [0.29, 0.717) is 0 Å². The summed E-state index contributed by atoms with van der Waals surface area (Å²) >= 11 is 0. The van der Waals surface area contributed by atoms with E-state index in [1.807, 2.05) is 30.3 Å². The van der Waals surface area contributed by atoms with Crippen LogP contribution in [0.25, 0.3) is 93.9 Å². The number of hydrogen-bond acceptors (Lipinski definition) is 3. The summed E-state index contributed by atoms with van der Waals surface area (Å²) in [6.45, 7) is 0. The minimum absolute atomic E-state index is 0.862. The first-order valence-corrected chi connectivity index (χ1v) is 21.7. The zero-order valence-corrected chi connectivity index (χ0v) is 34.7. The lowest BCUT2D eigenvalue weighted by Crippen LogP contribution is -2.10. The van der Waals surface area contributed by atoms with Gasteiger partial charge in [-0.15, -0.1) is 0 Å². The molecule has 0 saturated carbocycles. The second-order valence-electron chi connectivity index (χ2n) is 16.5. The molecule has 4 heteroatoms. The van der Waals surface area contributed by atoms with Crippen LogP contribution < -0.4 is 9.64 Å². The highest BCUT2D eigenvalue weighted by Gasteiger charge is 2.22. The Morgan fingerprint density at radius 2 is 0.922 bits per heavy atom. The summed E-state index contributed by atoms with van der Waals surface area (Å²) in [5.74, 6) is 1.73. The lowest BCUT2D eigenvalue weighted by molar-refractivity contribution is 0.488. The molecular weight excluding hydrogens is 781 g/mol. The first-order chi connectivity index (χ1) is 31.7. The summed E-state index contributed by atoms with van der Waals surface area (Å²) in [5.41, 5.74) is 17.5. The van der Waals surface area contributed by atoms with Crippen molar-refractivity contribution in [2.45, 2.75) is 0 Å². The average molecular weight is 819 g/mol. The second kappa shape index (κ2) is 14.5. The Labute approximate surface area is 370 Å². The molecule has 0 saturated heterocycles. The Balaban J connectivity index is 0.957. The highest BCUT2D eigenvalue weighted by molar-refractivity contribution is 6.11. The molecule has 1 aliphatic heterocycles. The standard InChI is InChI=1S/C60H38N2O2/c1-2-14-43(15-3-1)62-55-21-8-4-17-48(55)53-38-46(31-33-56(53)62)61(45-16-12-13-40(35-45)42-28-34-60-54(37-42)51-20-7-11-24-59(51)64-60)44-29-25-39(26-30-44)41-27-32-47-49-18-5-9-22-57(49)63-58-23-10-6-19-50(58)52(47)36-41/h1-38H. The zero-order valence-electron chi connectivity index (χ0n) is 34.7. The quantitative estimate of drug-likeness (QED) is 0.167. The van der Waals surface area contributed by atoms with Crippen molar-refractivity contribution in [1.82, 2.24) is 4.57 Å². The monoisotopic (exact) mass is 818 g/mol. The van der Waals surface area contributed by atoms with Crippen molar-refractivity contribution in [3.8, 4) is 61.7 Å². The molecule has 64 heavy (non-hydrogen) atoms. The van der Waals surface area contributed by atoms with E-state index in [1.54, 1.807) is 0 Å². The SMILES string of the molecule is c1ccc(-n2c3ccccc3c3cc(N(c4ccc(-c5ccc6c(c5)-c5ccccc5Oc5ccccc5-6)cc4)c4cccc(-c5ccc6oc7ccccc7c6c5)c4)ccc32)cc1. The molecule has 3 heterocycles. The molecule has 12 aromatic rings. The lowest BCUT2D eigenvalue weighted by Gasteiger charge is -2.26. The van der Waals surface area contributed by atoms with Gasteiger partial charge in [0.2, 0.25) is 0 Å². The van der Waals surface area contributed by atoms with E-state index in [4.69, 9.17) is 9.15 Å². The number of aromatic nitrogens is 1. The first kappa shape index (κ1) is 36.1. The summed E-state index contributed by atoms with van der Waals surface area (Å²) in [5, 5.41) is 4.65. The Kier molecular flexibility index (Phi) is 8.18. The Bertz CT molecular complexity index is 3770. The number of furan rings is 1. The van der Waals surface area contributed by atoms with Crippen molar-refractivity contribution in [3.63, 3.8) is 0 Å². The fraction of sp³-hybridized carbons (Fsp3) is 0. The van der Waals surface area contributed by atoms with Gasteiger partial charge in [0.1, 0.15) is 22.7 Å². The molecule has 300 valence electrons. The zero-order chi connectivity index (χ0) is 42.1. The number of benzene rings is 10. The van der Waals surface area contributed by atoms with Crippen LogP contribution in [-0.2, 0) is 0 Å². The van der Waals surface area contributed by atoms with Gasteiger partial charge < -0.3 is 18.6 Å². The fourth-order valence-corrected chi connectivity index (χ4v) is 9.79. The van der Waals surface area contributed by atoms with Gasteiger partial charge in [-0.1, -0.05) is 133 Å². The van der Waals surface area contributed by atoms with E-state index >= 15 is 0 Å². The van der Waals surface area contributed by atoms with Gasteiger partial charge in [0.05, 0.1) is 11.0 Å². The minimum Gasteiger partial charge on any atom is -0.456 e. The fourth-order valence-electron chi connectivity index (χ4n) is 9.79. The molecule has 0 bridgehead atoms. The third kappa shape index (κ3) is 5.84. The molecule has 0 fully saturated rings. The van der Waals surface area contributed by atoms with Gasteiger partial charge in [0.15, 0.2) is 0 Å². The van der Waals surface area contributed by atoms with Gasteiger partial charge in [-0.05, 0) is 130 Å². The second-order valence-corrected chi connectivity index (χ2v) is 16.5. The number of ether oxygens (including phenoxy) is 1. The van der Waals surface area contributed by atoms with Crippen molar-refractivity contribution < 1.29 is 9.15 Å². The summed E-state index contributed by atoms with van der Waals surface area (Å²) in [4.78, 5) is 2.38. The molecule has 0 spiro atoms. The molecule has 2 aromatic heterocycles. The van der Waals surface area contributed by atoms with Crippen LogP contribution >= 0.6 is 0 Å². The highest BCUT2D eigenvalue weighted by Crippen LogP contribution is 2.48. The topological polar surface area (TPSA) is 30.5 Å². The maximum absolute atomic E-state index is 6.49. The Morgan fingerprint density at radius 3 is 1.77 bits per heavy atom. The van der Waals surface area contributed by atoms with Crippen LogP contribution in [0.15, 0.2) is 235 Å². The van der Waals surface area contributed by atoms with E-state index in [0.717, 1.165) is 101 Å². The van der Waals surface area contributed by atoms with Crippen LogP contribution in [0.2, 0.25) is 0 Å². The molecule has 0 unspecified atom stereocenters. The summed E-state index contributed by atoms with van der Waals surface area (Å²) in [6, 6.07) is 82.3. The van der Waals surface area contributed by atoms with Crippen molar-refractivity contribution in [3.05, 3.63) is 231 Å². The summed E-state index contributed by atoms with van der Waals surface area (Å²) < 4.78 is 15.1. The third-order valence-corrected chi connectivity index (χ3v) is 12.8. The van der Waals surface area contributed by atoms with Crippen LogP contribution in [0.3, 0.4) is 0 Å². The van der Waals surface area contributed by atoms with E-state index < -0.39 is 0 Å². The number of para-hydroxylation sites is 5. The van der Waals surface area contributed by atoms with Gasteiger partial charge in [0.25, 0.3) is 0 Å². The number of fused-ring (bicyclic) bond motifs is 11. The van der Waals surface area contributed by atoms with Gasteiger partial charge in [0, 0.05) is 55.4 Å². The Hall–Kier alpha value is -8.60. The van der Waals surface area contributed by atoms with Gasteiger partial charge in [-0.3, -0.25) is 0 Å². The predicted octanol–water partition coefficient (Wildman–Crippen LogP) is 16.9. The third-order valence-electron chi connectivity index (χ3n) is 12.8. The summed E-state index contributed by atoms with van der Waals surface area (Å²) in [6.07, 6.45) is 0. The van der Waals surface area contributed by atoms with E-state index in [1.165, 1.54) is 21.8 Å². The predicted molar refractivity (Wildman–Crippen MR) is 265 cm³/mol. The van der Waals surface area contributed by atoms with Crippen LogP contribution in [0.1, 0.15) is 0 Å². The number of rotatable bonds is 6. The summed E-state index contributed by atoms with van der Waals surface area (Å²) in [7, 11) is 0. The maximum atomic E-state index is 6.49.